The number of nitrogens with two attached hydrogens (primary N) is 1. The zero-order valence-electron chi connectivity index (χ0n) is 10.6. The zero-order valence-corrected chi connectivity index (χ0v) is 10.6. The van der Waals surface area contributed by atoms with Crippen molar-refractivity contribution in [1.29, 1.82) is 0 Å². The summed E-state index contributed by atoms with van der Waals surface area (Å²) in [7, 11) is 0. The fraction of sp³-hybridized carbons (Fsp3) is 0.538. The first-order valence-electron chi connectivity index (χ1n) is 6.25. The second-order valence-electron chi connectivity index (χ2n) is 4.68. The Hall–Kier alpha value is -1.62. The molecule has 1 aliphatic rings. The van der Waals surface area contributed by atoms with E-state index in [1.165, 1.54) is 0 Å². The average Bonchev–Trinajstić information content (AvgIpc) is 2.85. The fourth-order valence-corrected chi connectivity index (χ4v) is 2.08. The van der Waals surface area contributed by atoms with Crippen LogP contribution in [0.25, 0.3) is 0 Å². The van der Waals surface area contributed by atoms with Gasteiger partial charge in [0.2, 0.25) is 0 Å². The Morgan fingerprint density at radius 2 is 2.50 bits per heavy atom. The molecule has 1 fully saturated rings. The van der Waals surface area contributed by atoms with Crippen LogP contribution in [0.1, 0.15) is 28.9 Å². The summed E-state index contributed by atoms with van der Waals surface area (Å²) < 4.78 is 5.29. The van der Waals surface area contributed by atoms with Gasteiger partial charge in [0.1, 0.15) is 0 Å². The smallest absolute Gasteiger partial charge is 0.253 e. The van der Waals surface area contributed by atoms with Crippen molar-refractivity contribution >= 4 is 11.6 Å². The normalized spacial score (nSPS) is 18.8. The number of pyridine rings is 1. The zero-order chi connectivity index (χ0) is 13.0. The van der Waals surface area contributed by atoms with Gasteiger partial charge in [0.05, 0.1) is 23.1 Å². The van der Waals surface area contributed by atoms with Gasteiger partial charge in [-0.15, -0.1) is 0 Å². The first kappa shape index (κ1) is 12.8. The second-order valence-corrected chi connectivity index (χ2v) is 4.68. The van der Waals surface area contributed by atoms with Crippen LogP contribution in [-0.4, -0.2) is 30.6 Å². The van der Waals surface area contributed by atoms with Crippen LogP contribution in [0.3, 0.4) is 0 Å². The maximum absolute atomic E-state index is 12.0. The number of hydrogen-bond acceptors (Lipinski definition) is 4. The lowest BCUT2D eigenvalue weighted by Gasteiger charge is -2.10. The number of nitrogen functional groups attached to an aromatic ring is 1. The Bertz CT molecular complexity index is 428. The Morgan fingerprint density at radius 1 is 1.67 bits per heavy atom. The summed E-state index contributed by atoms with van der Waals surface area (Å²) in [6, 6.07) is 1.66. The van der Waals surface area contributed by atoms with Crippen LogP contribution in [0.2, 0.25) is 0 Å². The molecule has 3 N–H and O–H groups in total. The third-order valence-corrected chi connectivity index (χ3v) is 3.21. The van der Waals surface area contributed by atoms with Gasteiger partial charge in [-0.1, -0.05) is 0 Å². The lowest BCUT2D eigenvalue weighted by Crippen LogP contribution is -2.27. The van der Waals surface area contributed by atoms with Crippen molar-refractivity contribution in [2.45, 2.75) is 19.8 Å². The SMILES string of the molecule is Cc1ncc(N)cc1C(=O)NCCC1CCOC1. The second kappa shape index (κ2) is 5.82. The molecule has 98 valence electrons. The molecule has 1 saturated heterocycles. The highest BCUT2D eigenvalue weighted by molar-refractivity contribution is 5.95. The number of aromatic nitrogens is 1. The molecule has 0 saturated carbocycles. The average molecular weight is 249 g/mol. The van der Waals surface area contributed by atoms with Gasteiger partial charge in [-0.3, -0.25) is 9.78 Å². The summed E-state index contributed by atoms with van der Waals surface area (Å²) in [6.07, 6.45) is 3.61. The highest BCUT2D eigenvalue weighted by Crippen LogP contribution is 2.15. The highest BCUT2D eigenvalue weighted by Gasteiger charge is 2.16. The van der Waals surface area contributed by atoms with Crippen molar-refractivity contribution in [3.05, 3.63) is 23.5 Å². The molecule has 2 rings (SSSR count). The number of hydrogen-bond donors (Lipinski definition) is 2. The Labute approximate surface area is 107 Å². The molecule has 5 nitrogen and oxygen atoms in total. The monoisotopic (exact) mass is 249 g/mol. The van der Waals surface area contributed by atoms with Crippen molar-refractivity contribution in [2.24, 2.45) is 5.92 Å². The van der Waals surface area contributed by atoms with E-state index in [1.807, 2.05) is 0 Å². The number of carbonyl (C=O) groups is 1. The van der Waals surface area contributed by atoms with Gasteiger partial charge in [0, 0.05) is 19.8 Å². The van der Waals surface area contributed by atoms with Crippen molar-refractivity contribution in [3.8, 4) is 0 Å². The summed E-state index contributed by atoms with van der Waals surface area (Å²) in [6.45, 7) is 4.13. The molecule has 0 spiro atoms. The van der Waals surface area contributed by atoms with Crippen LogP contribution in [0.5, 0.6) is 0 Å². The third-order valence-electron chi connectivity index (χ3n) is 3.21. The molecule has 1 aliphatic heterocycles. The molecule has 1 unspecified atom stereocenters. The highest BCUT2D eigenvalue weighted by atomic mass is 16.5. The van der Waals surface area contributed by atoms with E-state index in [-0.39, 0.29) is 5.91 Å². The lowest BCUT2D eigenvalue weighted by molar-refractivity contribution is 0.0949. The summed E-state index contributed by atoms with van der Waals surface area (Å²) in [5, 5.41) is 2.90. The summed E-state index contributed by atoms with van der Waals surface area (Å²) in [5.41, 5.74) is 7.40. The van der Waals surface area contributed by atoms with Gasteiger partial charge in [0.25, 0.3) is 5.91 Å². The van der Waals surface area contributed by atoms with Gasteiger partial charge in [-0.25, -0.2) is 0 Å². The number of carbonyl (C=O) groups excluding carboxylic acids is 1. The predicted octanol–water partition coefficient (Wildman–Crippen LogP) is 1.13. The van der Waals surface area contributed by atoms with E-state index >= 15 is 0 Å². The summed E-state index contributed by atoms with van der Waals surface area (Å²) in [5.74, 6) is 0.469. The number of anilines is 1. The largest absolute Gasteiger partial charge is 0.397 e. The predicted molar refractivity (Wildman–Crippen MR) is 69.3 cm³/mol. The van der Waals surface area contributed by atoms with Crippen LogP contribution in [0, 0.1) is 12.8 Å². The van der Waals surface area contributed by atoms with Crippen LogP contribution in [0.4, 0.5) is 5.69 Å². The van der Waals surface area contributed by atoms with Gasteiger partial charge in [0.15, 0.2) is 0 Å². The topological polar surface area (TPSA) is 77.2 Å². The van der Waals surface area contributed by atoms with Crippen molar-refractivity contribution in [1.82, 2.24) is 10.3 Å². The number of rotatable bonds is 4. The van der Waals surface area contributed by atoms with Crippen LogP contribution < -0.4 is 11.1 Å². The van der Waals surface area contributed by atoms with Crippen molar-refractivity contribution < 1.29 is 9.53 Å². The van der Waals surface area contributed by atoms with Gasteiger partial charge in [-0.05, 0) is 31.7 Å². The Kier molecular flexibility index (Phi) is 4.15. The van der Waals surface area contributed by atoms with E-state index in [2.05, 4.69) is 10.3 Å². The fourth-order valence-electron chi connectivity index (χ4n) is 2.08. The van der Waals surface area contributed by atoms with Crippen LogP contribution >= 0.6 is 0 Å². The minimum atomic E-state index is -0.105. The van der Waals surface area contributed by atoms with Gasteiger partial charge >= 0.3 is 0 Å². The Balaban J connectivity index is 1.85. The molecule has 1 aromatic rings. The quantitative estimate of drug-likeness (QED) is 0.838. The van der Waals surface area contributed by atoms with Crippen LogP contribution in [-0.2, 0) is 4.74 Å². The first-order chi connectivity index (χ1) is 8.66. The maximum atomic E-state index is 12.0. The summed E-state index contributed by atoms with van der Waals surface area (Å²) in [4.78, 5) is 16.0. The van der Waals surface area contributed by atoms with E-state index in [0.717, 1.165) is 26.1 Å². The molecule has 0 radical (unpaired) electrons. The molecule has 2 heterocycles. The number of nitrogens with zero attached hydrogens (tertiary/aromatic N) is 1. The minimum absolute atomic E-state index is 0.105. The molecule has 1 aromatic heterocycles. The van der Waals surface area contributed by atoms with Crippen LogP contribution in [0.15, 0.2) is 12.3 Å². The molecular formula is C13H19N3O2. The molecule has 0 aliphatic carbocycles. The van der Waals surface area contributed by atoms with E-state index in [9.17, 15) is 4.79 Å². The van der Waals surface area contributed by atoms with E-state index in [1.54, 1.807) is 19.2 Å². The van der Waals surface area contributed by atoms with Crippen molar-refractivity contribution in [3.63, 3.8) is 0 Å². The standard InChI is InChI=1S/C13H19N3O2/c1-9-12(6-11(14)7-16-9)13(17)15-4-2-10-3-5-18-8-10/h6-7,10H,2-5,8,14H2,1H3,(H,15,17). The Morgan fingerprint density at radius 3 is 3.22 bits per heavy atom. The van der Waals surface area contributed by atoms with E-state index < -0.39 is 0 Å². The molecular weight excluding hydrogens is 230 g/mol. The molecule has 0 bridgehead atoms. The number of ether oxygens (including phenoxy) is 1. The van der Waals surface area contributed by atoms with Gasteiger partial charge < -0.3 is 15.8 Å². The van der Waals surface area contributed by atoms with Crippen molar-refractivity contribution in [2.75, 3.05) is 25.5 Å². The minimum Gasteiger partial charge on any atom is -0.397 e. The molecule has 0 aromatic carbocycles. The first-order valence-corrected chi connectivity index (χ1v) is 6.25. The molecule has 5 heteroatoms. The number of nitrogens with one attached hydrogen (secondary N) is 1. The number of aryl methyl sites for hydroxylation is 1. The maximum Gasteiger partial charge on any atom is 0.253 e. The number of amides is 1. The third kappa shape index (κ3) is 3.20. The molecule has 18 heavy (non-hydrogen) atoms. The molecule has 1 atom stereocenters. The van der Waals surface area contributed by atoms with E-state index in [0.29, 0.717) is 29.4 Å². The molecule has 1 amide bonds. The summed E-state index contributed by atoms with van der Waals surface area (Å²) >= 11 is 0. The lowest BCUT2D eigenvalue weighted by atomic mass is 10.1. The van der Waals surface area contributed by atoms with Gasteiger partial charge in [-0.2, -0.15) is 0 Å². The van der Waals surface area contributed by atoms with E-state index in [4.69, 9.17) is 10.5 Å².